The molecule has 0 amide bonds. The van der Waals surface area contributed by atoms with Crippen molar-refractivity contribution in [3.63, 3.8) is 0 Å². The number of esters is 2. The van der Waals surface area contributed by atoms with Crippen LogP contribution in [0.1, 0.15) is 24.2 Å². The highest BCUT2D eigenvalue weighted by atomic mass is 19.4. The van der Waals surface area contributed by atoms with Gasteiger partial charge in [-0.15, -0.1) is 5.11 Å². The van der Waals surface area contributed by atoms with Crippen molar-refractivity contribution in [2.24, 2.45) is 10.2 Å². The maximum absolute atomic E-state index is 12.6. The lowest BCUT2D eigenvalue weighted by Gasteiger charge is -2.08. The number of aliphatic hydroxyl groups excluding tert-OH is 1. The molecule has 7 nitrogen and oxygen atoms in total. The Kier molecular flexibility index (Phi) is 7.09. The Hall–Kier alpha value is -2.91. The van der Waals surface area contributed by atoms with E-state index in [0.29, 0.717) is 0 Å². The van der Waals surface area contributed by atoms with Crippen molar-refractivity contribution in [3.8, 4) is 0 Å². The number of azo groups is 1. The molecule has 0 unspecified atom stereocenters. The first kappa shape index (κ1) is 20.1. The molecule has 0 radical (unpaired) electrons. The fourth-order valence-corrected chi connectivity index (χ4v) is 1.50. The van der Waals surface area contributed by atoms with Crippen molar-refractivity contribution in [1.82, 2.24) is 0 Å². The first-order valence-electron chi connectivity index (χ1n) is 7.07. The number of carbonyl (C=O) groups is 2. The van der Waals surface area contributed by atoms with Crippen LogP contribution < -0.4 is 0 Å². The molecule has 0 aliphatic carbocycles. The lowest BCUT2D eigenvalue weighted by molar-refractivity contribution is -0.143. The van der Waals surface area contributed by atoms with Gasteiger partial charge in [-0.1, -0.05) is 0 Å². The van der Waals surface area contributed by atoms with Gasteiger partial charge >= 0.3 is 18.1 Å². The summed E-state index contributed by atoms with van der Waals surface area (Å²) in [5.41, 5.74) is -1.12. The van der Waals surface area contributed by atoms with Gasteiger partial charge in [0, 0.05) is 0 Å². The first-order chi connectivity index (χ1) is 11.7. The molecule has 0 spiro atoms. The molecule has 0 fully saturated rings. The molecular weight excluding hydrogens is 345 g/mol. The van der Waals surface area contributed by atoms with Gasteiger partial charge in [0.1, 0.15) is 0 Å². The summed E-state index contributed by atoms with van der Waals surface area (Å²) < 4.78 is 46.9. The van der Waals surface area contributed by atoms with Crippen LogP contribution in [0.2, 0.25) is 0 Å². The van der Waals surface area contributed by atoms with Crippen molar-refractivity contribution in [3.05, 3.63) is 41.3 Å². The van der Waals surface area contributed by atoms with E-state index in [1.807, 2.05) is 0 Å². The van der Waals surface area contributed by atoms with Gasteiger partial charge in [-0.25, -0.2) is 9.59 Å². The number of rotatable bonds is 6. The van der Waals surface area contributed by atoms with Crippen molar-refractivity contribution in [2.75, 3.05) is 13.2 Å². The summed E-state index contributed by atoms with van der Waals surface area (Å²) >= 11 is 0. The topological polar surface area (TPSA) is 97.6 Å². The number of aliphatic hydroxyl groups is 1. The lowest BCUT2D eigenvalue weighted by Crippen LogP contribution is -2.18. The third kappa shape index (κ3) is 5.90. The minimum atomic E-state index is -5.19. The van der Waals surface area contributed by atoms with Crippen LogP contribution in [-0.4, -0.2) is 36.4 Å². The molecule has 10 heteroatoms. The number of hydrogen-bond donors (Lipinski definition) is 1. The van der Waals surface area contributed by atoms with Gasteiger partial charge in [0.05, 0.1) is 24.5 Å². The Morgan fingerprint density at radius 1 is 1.08 bits per heavy atom. The zero-order valence-electron chi connectivity index (χ0n) is 13.3. The molecule has 0 atom stereocenters. The summed E-state index contributed by atoms with van der Waals surface area (Å²) in [7, 11) is 0. The molecule has 0 aromatic heterocycles. The SMILES string of the molecule is CCOC(=O)C(N=Nc1ccc(C(=O)OCC)cc1)=C(O)C(F)(F)F. The molecule has 0 heterocycles. The number of halogens is 3. The van der Waals surface area contributed by atoms with Crippen LogP contribution in [0, 0.1) is 0 Å². The third-order valence-corrected chi connectivity index (χ3v) is 2.61. The number of nitrogens with zero attached hydrogens (tertiary/aromatic N) is 2. The van der Waals surface area contributed by atoms with Crippen molar-refractivity contribution < 1.29 is 37.3 Å². The number of ether oxygens (including phenoxy) is 2. The van der Waals surface area contributed by atoms with E-state index in [1.54, 1.807) is 6.92 Å². The second kappa shape index (κ2) is 8.81. The van der Waals surface area contributed by atoms with Gasteiger partial charge < -0.3 is 14.6 Å². The van der Waals surface area contributed by atoms with Crippen LogP contribution in [0.4, 0.5) is 18.9 Å². The van der Waals surface area contributed by atoms with E-state index >= 15 is 0 Å². The summed E-state index contributed by atoms with van der Waals surface area (Å²) in [6.45, 7) is 2.99. The summed E-state index contributed by atoms with van der Waals surface area (Å²) in [6, 6.07) is 5.21. The van der Waals surface area contributed by atoms with Crippen LogP contribution in [0.5, 0.6) is 0 Å². The highest BCUT2D eigenvalue weighted by Gasteiger charge is 2.39. The predicted octanol–water partition coefficient (Wildman–Crippen LogP) is 3.84. The fourth-order valence-electron chi connectivity index (χ4n) is 1.50. The largest absolute Gasteiger partial charge is 0.502 e. The quantitative estimate of drug-likeness (QED) is 0.360. The standard InChI is InChI=1S/C15H15F3N2O5/c1-3-24-13(22)9-5-7-10(8-6-9)19-20-11(14(23)25-4-2)12(21)15(16,17)18/h5-8,21H,3-4H2,1-2H3. The summed E-state index contributed by atoms with van der Waals surface area (Å²) in [5.74, 6) is -4.25. The van der Waals surface area contributed by atoms with Crippen LogP contribution in [0.15, 0.2) is 46.0 Å². The zero-order chi connectivity index (χ0) is 19.0. The number of benzene rings is 1. The van der Waals surface area contributed by atoms with E-state index in [4.69, 9.17) is 9.84 Å². The zero-order valence-corrected chi connectivity index (χ0v) is 13.3. The molecule has 25 heavy (non-hydrogen) atoms. The van der Waals surface area contributed by atoms with Crippen molar-refractivity contribution >= 4 is 17.6 Å². The average molecular weight is 360 g/mol. The van der Waals surface area contributed by atoms with Gasteiger partial charge in [0.15, 0.2) is 0 Å². The highest BCUT2D eigenvalue weighted by molar-refractivity contribution is 5.90. The average Bonchev–Trinajstić information content (AvgIpc) is 2.55. The fraction of sp³-hybridized carbons (Fsp3) is 0.333. The van der Waals surface area contributed by atoms with Crippen LogP contribution in [-0.2, 0) is 14.3 Å². The molecule has 1 aromatic carbocycles. The second-order valence-electron chi connectivity index (χ2n) is 4.38. The molecule has 1 N–H and O–H groups in total. The molecule has 0 bridgehead atoms. The highest BCUT2D eigenvalue weighted by Crippen LogP contribution is 2.28. The van der Waals surface area contributed by atoms with Crippen LogP contribution in [0.3, 0.4) is 0 Å². The molecule has 136 valence electrons. The Morgan fingerprint density at radius 3 is 2.12 bits per heavy atom. The predicted molar refractivity (Wildman–Crippen MR) is 79.3 cm³/mol. The molecule has 1 aromatic rings. The van der Waals surface area contributed by atoms with E-state index in [9.17, 15) is 22.8 Å². The number of alkyl halides is 3. The van der Waals surface area contributed by atoms with Gasteiger partial charge in [-0.05, 0) is 38.1 Å². The van der Waals surface area contributed by atoms with E-state index in [0.717, 1.165) is 0 Å². The van der Waals surface area contributed by atoms with E-state index in [-0.39, 0.29) is 24.5 Å². The van der Waals surface area contributed by atoms with Crippen LogP contribution >= 0.6 is 0 Å². The summed E-state index contributed by atoms with van der Waals surface area (Å²) in [4.78, 5) is 23.0. The van der Waals surface area contributed by atoms with Gasteiger partial charge in [-0.2, -0.15) is 18.3 Å². The normalized spacial score (nSPS) is 12.7. The smallest absolute Gasteiger partial charge is 0.451 e. The van der Waals surface area contributed by atoms with E-state index in [2.05, 4.69) is 15.0 Å². The molecule has 0 saturated heterocycles. The van der Waals surface area contributed by atoms with E-state index < -0.39 is 29.6 Å². The Labute approximate surface area is 140 Å². The Morgan fingerprint density at radius 2 is 1.64 bits per heavy atom. The maximum atomic E-state index is 12.6. The molecule has 0 aliphatic heterocycles. The summed E-state index contributed by atoms with van der Waals surface area (Å²) in [6.07, 6.45) is -5.19. The van der Waals surface area contributed by atoms with E-state index in [1.165, 1.54) is 31.2 Å². The molecule has 1 rings (SSSR count). The maximum Gasteiger partial charge on any atom is 0.451 e. The Bertz CT molecular complexity index is 681. The Balaban J connectivity index is 3.09. The number of carbonyl (C=O) groups excluding carboxylic acids is 2. The molecule has 0 aliphatic rings. The second-order valence-corrected chi connectivity index (χ2v) is 4.38. The first-order valence-corrected chi connectivity index (χ1v) is 7.07. The van der Waals surface area contributed by atoms with Crippen LogP contribution in [0.25, 0.3) is 0 Å². The van der Waals surface area contributed by atoms with Gasteiger partial charge in [0.2, 0.25) is 11.5 Å². The lowest BCUT2D eigenvalue weighted by atomic mass is 10.2. The van der Waals surface area contributed by atoms with Gasteiger partial charge in [-0.3, -0.25) is 0 Å². The minimum Gasteiger partial charge on any atom is -0.502 e. The van der Waals surface area contributed by atoms with Crippen molar-refractivity contribution in [1.29, 1.82) is 0 Å². The van der Waals surface area contributed by atoms with Gasteiger partial charge in [0.25, 0.3) is 0 Å². The number of allylic oxidation sites excluding steroid dienone is 1. The summed E-state index contributed by atoms with van der Waals surface area (Å²) in [5, 5.41) is 15.7. The molecular formula is C15H15F3N2O5. The monoisotopic (exact) mass is 360 g/mol. The third-order valence-electron chi connectivity index (χ3n) is 2.61. The minimum absolute atomic E-state index is 0.0461. The molecule has 0 saturated carbocycles. The van der Waals surface area contributed by atoms with Crippen molar-refractivity contribution in [2.45, 2.75) is 20.0 Å². The number of hydrogen-bond acceptors (Lipinski definition) is 7.